The SMILES string of the molecule is Cn1c(NCC(=O)Cc2ccccc2)nc(-c2ccncc2)c(-c2ccc3ccccc3c2)c1=O.Cn1c(NCC(O)Cc2ccccc2)nc(-c2ccncc2)c(-c2ccc3ccccc3c2)c1=O. The number of nitrogens with one attached hydrogen (secondary N) is 2. The molecule has 0 spiro atoms. The van der Waals surface area contributed by atoms with Gasteiger partial charge in [-0.2, -0.15) is 0 Å². The molecule has 1 unspecified atom stereocenters. The van der Waals surface area contributed by atoms with E-state index >= 15 is 0 Å². The van der Waals surface area contributed by atoms with E-state index < -0.39 is 6.10 Å². The Morgan fingerprint density at radius 1 is 0.514 bits per heavy atom. The third kappa shape index (κ3) is 10.6. The lowest BCUT2D eigenvalue weighted by atomic mass is 9.98. The summed E-state index contributed by atoms with van der Waals surface area (Å²) in [6, 6.07) is 54.8. The molecule has 12 heteroatoms. The second-order valence-corrected chi connectivity index (χ2v) is 16.9. The summed E-state index contributed by atoms with van der Waals surface area (Å²) in [5.74, 6) is 0.751. The zero-order valence-corrected chi connectivity index (χ0v) is 38.7. The van der Waals surface area contributed by atoms with E-state index in [4.69, 9.17) is 9.97 Å². The van der Waals surface area contributed by atoms with Gasteiger partial charge in [0.25, 0.3) is 11.1 Å². The fourth-order valence-electron chi connectivity index (χ4n) is 8.40. The Balaban J connectivity index is 0.000000174. The van der Waals surface area contributed by atoms with Crippen LogP contribution in [0.3, 0.4) is 0 Å². The zero-order chi connectivity index (χ0) is 48.4. The summed E-state index contributed by atoms with van der Waals surface area (Å²) >= 11 is 0. The van der Waals surface area contributed by atoms with Gasteiger partial charge in [0.2, 0.25) is 11.9 Å². The van der Waals surface area contributed by atoms with E-state index in [0.717, 1.165) is 54.9 Å². The second-order valence-electron chi connectivity index (χ2n) is 16.9. The van der Waals surface area contributed by atoms with Gasteiger partial charge >= 0.3 is 0 Å². The quantitative estimate of drug-likeness (QED) is 0.0960. The molecule has 10 rings (SSSR count). The highest BCUT2D eigenvalue weighted by Gasteiger charge is 2.21. The molecule has 346 valence electrons. The fourth-order valence-corrected chi connectivity index (χ4v) is 8.40. The van der Waals surface area contributed by atoms with Crippen LogP contribution in [0.1, 0.15) is 11.1 Å². The first-order valence-corrected chi connectivity index (χ1v) is 23.0. The molecular formula is C58H50N8O4. The Kier molecular flexibility index (Phi) is 14.1. The van der Waals surface area contributed by atoms with Gasteiger partial charge in [-0.1, -0.05) is 133 Å². The van der Waals surface area contributed by atoms with Gasteiger partial charge < -0.3 is 15.7 Å². The summed E-state index contributed by atoms with van der Waals surface area (Å²) in [6.45, 7) is 0.334. The van der Waals surface area contributed by atoms with Gasteiger partial charge in [0.15, 0.2) is 5.78 Å². The average molecular weight is 923 g/mol. The molecule has 3 N–H and O–H groups in total. The number of benzene rings is 6. The van der Waals surface area contributed by atoms with Crippen molar-refractivity contribution in [2.24, 2.45) is 14.1 Å². The monoisotopic (exact) mass is 922 g/mol. The highest BCUT2D eigenvalue weighted by molar-refractivity contribution is 5.92. The summed E-state index contributed by atoms with van der Waals surface area (Å²) in [5.41, 5.74) is 6.96. The molecule has 0 radical (unpaired) electrons. The van der Waals surface area contributed by atoms with Gasteiger partial charge in [0.05, 0.1) is 35.2 Å². The highest BCUT2D eigenvalue weighted by atomic mass is 16.3. The van der Waals surface area contributed by atoms with Crippen molar-refractivity contribution in [2.75, 3.05) is 23.7 Å². The first-order valence-electron chi connectivity index (χ1n) is 23.0. The standard InChI is InChI=1S/C29H26N4O2.C29H24N4O2/c2*1-33-28(35)26(24-12-11-21-9-5-6-10-23(21)18-24)27(22-13-15-30-16-14-22)32-29(33)31-19-25(34)17-20-7-3-2-4-8-20/h2-16,18,25,34H,17,19H2,1H3,(H,31,32);2-16,18H,17,19H2,1H3,(H,31,32). The number of ketones is 1. The molecule has 0 fully saturated rings. The highest BCUT2D eigenvalue weighted by Crippen LogP contribution is 2.32. The topological polar surface area (TPSA) is 157 Å². The van der Waals surface area contributed by atoms with Crippen molar-refractivity contribution in [1.82, 2.24) is 29.1 Å². The van der Waals surface area contributed by atoms with Crippen LogP contribution in [0.2, 0.25) is 0 Å². The smallest absolute Gasteiger partial charge is 0.263 e. The predicted octanol–water partition coefficient (Wildman–Crippen LogP) is 9.56. The first kappa shape index (κ1) is 46.2. The molecular weight excluding hydrogens is 873 g/mol. The zero-order valence-electron chi connectivity index (χ0n) is 38.7. The number of anilines is 2. The molecule has 4 aromatic heterocycles. The number of carbonyl (C=O) groups excluding carboxylic acids is 1. The van der Waals surface area contributed by atoms with Crippen molar-refractivity contribution in [2.45, 2.75) is 18.9 Å². The number of nitrogens with zero attached hydrogens (tertiary/aromatic N) is 6. The van der Waals surface area contributed by atoms with Crippen molar-refractivity contribution in [1.29, 1.82) is 0 Å². The summed E-state index contributed by atoms with van der Waals surface area (Å²) in [6.07, 6.45) is 6.93. The van der Waals surface area contributed by atoms with Crippen LogP contribution in [0.25, 0.3) is 66.3 Å². The lowest BCUT2D eigenvalue weighted by Crippen LogP contribution is -2.29. The molecule has 0 saturated heterocycles. The molecule has 1 atom stereocenters. The molecule has 0 aliphatic carbocycles. The number of aromatic nitrogens is 6. The molecule has 0 amide bonds. The lowest BCUT2D eigenvalue weighted by Gasteiger charge is -2.18. The van der Waals surface area contributed by atoms with E-state index in [9.17, 15) is 19.5 Å². The van der Waals surface area contributed by atoms with Crippen molar-refractivity contribution >= 4 is 39.2 Å². The molecule has 0 saturated carbocycles. The maximum absolute atomic E-state index is 13.7. The summed E-state index contributed by atoms with van der Waals surface area (Å²) in [5, 5.41) is 21.1. The number of aliphatic hydroxyl groups is 1. The number of rotatable bonds is 14. The molecule has 0 bridgehead atoms. The number of carbonyl (C=O) groups is 1. The Labute approximate surface area is 404 Å². The van der Waals surface area contributed by atoms with Gasteiger partial charge in [-0.25, -0.2) is 9.97 Å². The molecule has 6 aromatic carbocycles. The molecule has 4 heterocycles. The predicted molar refractivity (Wildman–Crippen MR) is 280 cm³/mol. The Hall–Kier alpha value is -8.87. The maximum atomic E-state index is 13.7. The minimum Gasteiger partial charge on any atom is -0.391 e. The van der Waals surface area contributed by atoms with Crippen LogP contribution in [-0.2, 0) is 31.7 Å². The number of hydrogen-bond donors (Lipinski definition) is 3. The minimum absolute atomic E-state index is 0.00881. The number of hydrogen-bond acceptors (Lipinski definition) is 10. The summed E-state index contributed by atoms with van der Waals surface area (Å²) in [7, 11) is 3.36. The Morgan fingerprint density at radius 2 is 0.943 bits per heavy atom. The molecule has 0 aliphatic heterocycles. The van der Waals surface area contributed by atoms with Crippen LogP contribution in [0.15, 0.2) is 204 Å². The van der Waals surface area contributed by atoms with Crippen molar-refractivity contribution < 1.29 is 9.90 Å². The van der Waals surface area contributed by atoms with Gasteiger partial charge in [0.1, 0.15) is 0 Å². The van der Waals surface area contributed by atoms with Crippen LogP contribution < -0.4 is 21.8 Å². The Bertz CT molecular complexity index is 3550. The van der Waals surface area contributed by atoms with E-state index in [1.165, 1.54) is 9.13 Å². The van der Waals surface area contributed by atoms with Gasteiger partial charge in [-0.3, -0.25) is 33.5 Å². The largest absolute Gasteiger partial charge is 0.391 e. The summed E-state index contributed by atoms with van der Waals surface area (Å²) in [4.78, 5) is 57.7. The van der Waals surface area contributed by atoms with Crippen LogP contribution in [-0.4, -0.2) is 59.2 Å². The van der Waals surface area contributed by atoms with E-state index in [0.29, 0.717) is 47.3 Å². The van der Waals surface area contributed by atoms with Gasteiger partial charge in [-0.15, -0.1) is 0 Å². The number of pyridine rings is 2. The summed E-state index contributed by atoms with van der Waals surface area (Å²) < 4.78 is 2.97. The Morgan fingerprint density at radius 3 is 1.43 bits per heavy atom. The second kappa shape index (κ2) is 21.4. The number of Topliss-reactive ketones (excluding diaryl/α,β-unsaturated/α-hetero) is 1. The maximum Gasteiger partial charge on any atom is 0.263 e. The van der Waals surface area contributed by atoms with Crippen LogP contribution in [0.4, 0.5) is 11.9 Å². The molecule has 12 nitrogen and oxygen atoms in total. The number of fused-ring (bicyclic) bond motifs is 2. The van der Waals surface area contributed by atoms with Crippen molar-refractivity contribution in [3.8, 4) is 44.8 Å². The van der Waals surface area contributed by atoms with Crippen molar-refractivity contribution in [3.63, 3.8) is 0 Å². The first-order chi connectivity index (χ1) is 34.2. The third-order valence-corrected chi connectivity index (χ3v) is 12.1. The van der Waals surface area contributed by atoms with Crippen LogP contribution in [0.5, 0.6) is 0 Å². The van der Waals surface area contributed by atoms with Crippen LogP contribution in [0, 0.1) is 0 Å². The van der Waals surface area contributed by atoms with E-state index in [1.54, 1.807) is 38.9 Å². The molecule has 0 aliphatic rings. The molecule has 10 aromatic rings. The fraction of sp³-hybridized carbons (Fsp3) is 0.121. The average Bonchev–Trinajstić information content (AvgIpc) is 3.40. The normalized spacial score (nSPS) is 11.4. The van der Waals surface area contributed by atoms with E-state index in [1.807, 2.05) is 170 Å². The number of aliphatic hydroxyl groups excluding tert-OH is 1. The van der Waals surface area contributed by atoms with Crippen molar-refractivity contribution in [3.05, 3.63) is 226 Å². The van der Waals surface area contributed by atoms with Gasteiger partial charge in [0, 0.05) is 69.4 Å². The van der Waals surface area contributed by atoms with E-state index in [2.05, 4.69) is 20.6 Å². The van der Waals surface area contributed by atoms with Gasteiger partial charge in [-0.05, 0) is 80.2 Å². The van der Waals surface area contributed by atoms with E-state index in [-0.39, 0.29) is 30.0 Å². The third-order valence-electron chi connectivity index (χ3n) is 12.1. The minimum atomic E-state index is -0.626. The lowest BCUT2D eigenvalue weighted by molar-refractivity contribution is -0.116. The van der Waals surface area contributed by atoms with Crippen LogP contribution >= 0.6 is 0 Å². The molecule has 70 heavy (non-hydrogen) atoms.